The number of hydrogen-bond acceptors (Lipinski definition) is 1. The van der Waals surface area contributed by atoms with Crippen molar-refractivity contribution in [3.05, 3.63) is 32.2 Å². The normalized spacial score (nSPS) is 10.2. The fraction of sp³-hybridized carbons (Fsp3) is 0. The summed E-state index contributed by atoms with van der Waals surface area (Å²) >= 11 is 10.7. The first kappa shape index (κ1) is 11.1. The average Bonchev–Trinajstić information content (AvgIpc) is 1.99. The fourth-order valence-corrected chi connectivity index (χ4v) is 1.61. The van der Waals surface area contributed by atoms with E-state index in [-0.39, 0.29) is 8.95 Å². The molecule has 0 bridgehead atoms. The van der Waals surface area contributed by atoms with Crippen molar-refractivity contribution in [2.24, 2.45) is 0 Å². The topological polar surface area (TPSA) is 17.1 Å². The van der Waals surface area contributed by atoms with Crippen LogP contribution in [0.15, 0.2) is 15.0 Å². The first-order valence-corrected chi connectivity index (χ1v) is 4.94. The lowest BCUT2D eigenvalue weighted by Gasteiger charge is -2.03. The molecule has 0 N–H and O–H groups in total. The van der Waals surface area contributed by atoms with Gasteiger partial charge in [0.15, 0.2) is 5.82 Å². The minimum Gasteiger partial charge on any atom is -0.275 e. The van der Waals surface area contributed by atoms with Gasteiger partial charge < -0.3 is 0 Å². The molecular weight excluding hydrogens is 333 g/mol. The van der Waals surface area contributed by atoms with Crippen LogP contribution in [0.25, 0.3) is 0 Å². The van der Waals surface area contributed by atoms with Crippen LogP contribution in [-0.2, 0) is 0 Å². The Kier molecular flexibility index (Phi) is 3.43. The molecule has 0 amide bonds. The lowest BCUT2D eigenvalue weighted by Crippen LogP contribution is -2.00. The third-order valence-electron chi connectivity index (χ3n) is 1.31. The second-order valence-electron chi connectivity index (χ2n) is 2.12. The molecule has 0 unspecified atom stereocenters. The van der Waals surface area contributed by atoms with Crippen molar-refractivity contribution >= 4 is 48.7 Å². The standard InChI is InChI=1S/C7HBr2ClF2O/c8-2-1-3(11)4(7(10)13)6(12)5(2)9/h1H. The summed E-state index contributed by atoms with van der Waals surface area (Å²) in [7, 11) is 0. The molecule has 1 rings (SSSR count). The molecular formula is C7HBr2ClF2O. The molecule has 0 spiro atoms. The van der Waals surface area contributed by atoms with Crippen LogP contribution in [0, 0.1) is 11.6 Å². The van der Waals surface area contributed by atoms with E-state index in [0.717, 1.165) is 6.07 Å². The molecule has 0 heterocycles. The van der Waals surface area contributed by atoms with Gasteiger partial charge in [0.05, 0.1) is 4.47 Å². The van der Waals surface area contributed by atoms with Crippen LogP contribution >= 0.6 is 43.5 Å². The van der Waals surface area contributed by atoms with Gasteiger partial charge in [-0.2, -0.15) is 0 Å². The maximum absolute atomic E-state index is 13.2. The van der Waals surface area contributed by atoms with E-state index in [2.05, 4.69) is 31.9 Å². The van der Waals surface area contributed by atoms with Crippen LogP contribution in [0.5, 0.6) is 0 Å². The Morgan fingerprint density at radius 3 is 2.38 bits per heavy atom. The lowest BCUT2D eigenvalue weighted by atomic mass is 10.2. The second-order valence-corrected chi connectivity index (χ2v) is 4.11. The summed E-state index contributed by atoms with van der Waals surface area (Å²) in [5, 5.41) is -1.16. The van der Waals surface area contributed by atoms with E-state index in [0.29, 0.717) is 0 Å². The molecule has 0 atom stereocenters. The summed E-state index contributed by atoms with van der Waals surface area (Å²) < 4.78 is 26.3. The van der Waals surface area contributed by atoms with Crippen molar-refractivity contribution in [3.8, 4) is 0 Å². The van der Waals surface area contributed by atoms with E-state index in [9.17, 15) is 13.6 Å². The number of hydrogen-bond donors (Lipinski definition) is 0. The third-order valence-corrected chi connectivity index (χ3v) is 3.43. The molecule has 0 aromatic heterocycles. The van der Waals surface area contributed by atoms with Crippen molar-refractivity contribution in [1.82, 2.24) is 0 Å². The van der Waals surface area contributed by atoms with Gasteiger partial charge in [-0.05, 0) is 49.5 Å². The Balaban J connectivity index is 3.53. The molecule has 1 aromatic carbocycles. The molecule has 0 aliphatic heterocycles. The van der Waals surface area contributed by atoms with E-state index >= 15 is 0 Å². The Morgan fingerprint density at radius 2 is 1.92 bits per heavy atom. The average molecular weight is 334 g/mol. The molecule has 0 saturated carbocycles. The minimum atomic E-state index is -1.16. The highest BCUT2D eigenvalue weighted by Crippen LogP contribution is 2.30. The summed E-state index contributed by atoms with van der Waals surface area (Å²) in [6, 6.07) is 0.961. The molecule has 0 aliphatic rings. The Bertz CT molecular complexity index is 381. The van der Waals surface area contributed by atoms with Crippen molar-refractivity contribution in [3.63, 3.8) is 0 Å². The van der Waals surface area contributed by atoms with Crippen LogP contribution in [-0.4, -0.2) is 5.24 Å². The Labute approximate surface area is 94.3 Å². The van der Waals surface area contributed by atoms with Gasteiger partial charge in [-0.1, -0.05) is 0 Å². The quantitative estimate of drug-likeness (QED) is 0.433. The predicted molar refractivity (Wildman–Crippen MR) is 51.9 cm³/mol. The highest BCUT2D eigenvalue weighted by Gasteiger charge is 2.20. The van der Waals surface area contributed by atoms with E-state index in [1.165, 1.54) is 0 Å². The molecule has 0 aliphatic carbocycles. The van der Waals surface area contributed by atoms with Gasteiger partial charge in [0, 0.05) is 4.47 Å². The van der Waals surface area contributed by atoms with Crippen LogP contribution in [0.3, 0.4) is 0 Å². The van der Waals surface area contributed by atoms with Crippen molar-refractivity contribution in [1.29, 1.82) is 0 Å². The van der Waals surface area contributed by atoms with Gasteiger partial charge in [-0.25, -0.2) is 8.78 Å². The van der Waals surface area contributed by atoms with Crippen molar-refractivity contribution in [2.45, 2.75) is 0 Å². The Morgan fingerprint density at radius 1 is 1.38 bits per heavy atom. The fourth-order valence-electron chi connectivity index (χ4n) is 0.746. The van der Waals surface area contributed by atoms with Crippen LogP contribution in [0.2, 0.25) is 0 Å². The lowest BCUT2D eigenvalue weighted by molar-refractivity contribution is 0.107. The zero-order valence-electron chi connectivity index (χ0n) is 5.88. The third kappa shape index (κ3) is 2.08. The number of carbonyl (C=O) groups is 1. The molecule has 1 nitrogen and oxygen atoms in total. The SMILES string of the molecule is O=C(Cl)c1c(F)cc(Br)c(Br)c1F. The van der Waals surface area contributed by atoms with Crippen LogP contribution < -0.4 is 0 Å². The smallest absolute Gasteiger partial charge is 0.258 e. The Hall–Kier alpha value is -0.0000000000000000555. The molecule has 13 heavy (non-hydrogen) atoms. The largest absolute Gasteiger partial charge is 0.275 e. The highest BCUT2D eigenvalue weighted by atomic mass is 79.9. The molecule has 0 fully saturated rings. The summed E-state index contributed by atoms with van der Waals surface area (Å²) in [4.78, 5) is 10.6. The molecule has 1 aromatic rings. The monoisotopic (exact) mass is 332 g/mol. The minimum absolute atomic E-state index is 0.0297. The summed E-state index contributed by atoms with van der Waals surface area (Å²) in [5.41, 5.74) is -0.753. The maximum Gasteiger partial charge on any atom is 0.258 e. The summed E-state index contributed by atoms with van der Waals surface area (Å²) in [5.74, 6) is -2.00. The molecule has 70 valence electrons. The second kappa shape index (κ2) is 4.02. The number of halogens is 5. The van der Waals surface area contributed by atoms with E-state index < -0.39 is 22.4 Å². The number of benzene rings is 1. The molecule has 6 heteroatoms. The highest BCUT2D eigenvalue weighted by molar-refractivity contribution is 9.13. The molecule has 0 radical (unpaired) electrons. The zero-order valence-corrected chi connectivity index (χ0v) is 9.80. The van der Waals surface area contributed by atoms with Crippen LogP contribution in [0.4, 0.5) is 8.78 Å². The van der Waals surface area contributed by atoms with Crippen molar-refractivity contribution < 1.29 is 13.6 Å². The van der Waals surface area contributed by atoms with Gasteiger partial charge >= 0.3 is 0 Å². The predicted octanol–water partition coefficient (Wildman–Crippen LogP) is 3.87. The number of carbonyl (C=O) groups excluding carboxylic acids is 1. The summed E-state index contributed by atoms with van der Waals surface area (Å²) in [6.07, 6.45) is 0. The van der Waals surface area contributed by atoms with E-state index in [1.54, 1.807) is 0 Å². The zero-order chi connectivity index (χ0) is 10.2. The van der Waals surface area contributed by atoms with E-state index in [1.807, 2.05) is 0 Å². The van der Waals surface area contributed by atoms with Gasteiger partial charge in [0.25, 0.3) is 5.24 Å². The maximum atomic E-state index is 13.2. The van der Waals surface area contributed by atoms with Crippen molar-refractivity contribution in [2.75, 3.05) is 0 Å². The van der Waals surface area contributed by atoms with Gasteiger partial charge in [-0.3, -0.25) is 4.79 Å². The van der Waals surface area contributed by atoms with E-state index in [4.69, 9.17) is 11.6 Å². The first-order valence-electron chi connectivity index (χ1n) is 2.98. The number of rotatable bonds is 1. The van der Waals surface area contributed by atoms with Crippen LogP contribution in [0.1, 0.15) is 10.4 Å². The molecule has 0 saturated heterocycles. The van der Waals surface area contributed by atoms with Gasteiger partial charge in [0.1, 0.15) is 11.4 Å². The summed E-state index contributed by atoms with van der Waals surface area (Å²) in [6.45, 7) is 0. The van der Waals surface area contributed by atoms with Gasteiger partial charge in [0.2, 0.25) is 0 Å². The van der Waals surface area contributed by atoms with Gasteiger partial charge in [-0.15, -0.1) is 0 Å². The first-order chi connectivity index (χ1) is 5.95.